The molecule has 0 unspecified atom stereocenters. The van der Waals surface area contributed by atoms with E-state index in [1.807, 2.05) is 0 Å². The van der Waals surface area contributed by atoms with Crippen LogP contribution in [0, 0.1) is 5.92 Å². The smallest absolute Gasteiger partial charge is 0.364 e. The van der Waals surface area contributed by atoms with Crippen molar-refractivity contribution in [2.75, 3.05) is 0 Å². The van der Waals surface area contributed by atoms with Crippen molar-refractivity contribution in [1.82, 2.24) is 25.1 Å². The number of rotatable bonds is 10. The fourth-order valence-electron chi connectivity index (χ4n) is 5.31. The molecule has 0 radical (unpaired) electrons. The van der Waals surface area contributed by atoms with Gasteiger partial charge >= 0.3 is 12.4 Å². The Hall–Kier alpha value is -3.72. The molecule has 1 saturated carbocycles. The van der Waals surface area contributed by atoms with Gasteiger partial charge < -0.3 is 16.0 Å². The van der Waals surface area contributed by atoms with Crippen LogP contribution in [-0.4, -0.2) is 49.8 Å². The number of hydrogen-bond donors (Lipinski definition) is 3. The lowest BCUT2D eigenvalue weighted by Gasteiger charge is -2.32. The fraction of sp³-hybridized carbons (Fsp3) is 0.556. The minimum Gasteiger partial charge on any atom is -0.364 e. The standard InChI is InChI=1S/C27H30F8N6O2/c1-14(37-21(42)6-9-26(30,31)32)16-2-3-17-18(12-16)39-24(38-17)22(15-4-7-25(28,29)8-5-15)19-13-20(23(36)43)41(40-19)11-10-27(33,34)35/h2-3,12-15,22H,4-11H2,1H3,(H2,36,43)(H,37,42)(H,38,39)/t14-,22+/m1/s1. The molecule has 2 heterocycles. The molecule has 2 atom stereocenters. The number of H-pyrrole nitrogens is 1. The molecule has 236 valence electrons. The van der Waals surface area contributed by atoms with Crippen LogP contribution in [0.3, 0.4) is 0 Å². The summed E-state index contributed by atoms with van der Waals surface area (Å²) < 4.78 is 105. The number of fused-ring (bicyclic) bond motifs is 1. The summed E-state index contributed by atoms with van der Waals surface area (Å²) in [7, 11) is 0. The first-order valence-electron chi connectivity index (χ1n) is 13.6. The zero-order valence-electron chi connectivity index (χ0n) is 23.0. The van der Waals surface area contributed by atoms with Gasteiger partial charge in [0.15, 0.2) is 0 Å². The lowest BCUT2D eigenvalue weighted by molar-refractivity contribution is -0.144. The van der Waals surface area contributed by atoms with Gasteiger partial charge in [0.05, 0.1) is 48.1 Å². The summed E-state index contributed by atoms with van der Waals surface area (Å²) in [4.78, 5) is 31.8. The van der Waals surface area contributed by atoms with E-state index < -0.39 is 86.6 Å². The summed E-state index contributed by atoms with van der Waals surface area (Å²) in [6.45, 7) is 0.918. The number of aryl methyl sites for hydroxylation is 1. The summed E-state index contributed by atoms with van der Waals surface area (Å²) in [6.07, 6.45) is -13.0. The summed E-state index contributed by atoms with van der Waals surface area (Å²) in [5.74, 6) is -5.61. The van der Waals surface area contributed by atoms with Gasteiger partial charge in [-0.2, -0.15) is 31.4 Å². The first-order valence-corrected chi connectivity index (χ1v) is 13.6. The number of benzene rings is 1. The molecule has 43 heavy (non-hydrogen) atoms. The van der Waals surface area contributed by atoms with E-state index in [2.05, 4.69) is 20.4 Å². The Morgan fingerprint density at radius 2 is 1.74 bits per heavy atom. The third-order valence-electron chi connectivity index (χ3n) is 7.54. The van der Waals surface area contributed by atoms with Crippen LogP contribution in [0.5, 0.6) is 0 Å². The van der Waals surface area contributed by atoms with Crippen LogP contribution in [0.4, 0.5) is 35.1 Å². The van der Waals surface area contributed by atoms with Gasteiger partial charge in [0.2, 0.25) is 11.8 Å². The highest BCUT2D eigenvalue weighted by atomic mass is 19.4. The average molecular weight is 623 g/mol. The summed E-state index contributed by atoms with van der Waals surface area (Å²) in [6, 6.07) is 5.45. The molecular formula is C27H30F8N6O2. The Bertz CT molecular complexity index is 1450. The molecule has 1 aromatic carbocycles. The number of hydrogen-bond acceptors (Lipinski definition) is 4. The normalized spacial score (nSPS) is 17.6. The maximum atomic E-state index is 14.0. The maximum Gasteiger partial charge on any atom is 0.390 e. The summed E-state index contributed by atoms with van der Waals surface area (Å²) >= 11 is 0. The SMILES string of the molecule is C[C@@H](NC(=O)CCC(F)(F)F)c1ccc2nc([C@H](c3cc(C(N)=O)n(CCC(F)(F)F)n3)C3CCC(F)(F)CC3)[nH]c2c1. The first-order chi connectivity index (χ1) is 19.9. The molecular weight excluding hydrogens is 592 g/mol. The number of aromatic nitrogens is 4. The molecule has 0 aliphatic heterocycles. The number of halogens is 8. The molecule has 0 spiro atoms. The Morgan fingerprint density at radius 3 is 2.35 bits per heavy atom. The van der Waals surface area contributed by atoms with Crippen molar-refractivity contribution >= 4 is 22.8 Å². The van der Waals surface area contributed by atoms with Crippen molar-refractivity contribution in [2.24, 2.45) is 11.7 Å². The van der Waals surface area contributed by atoms with Crippen molar-refractivity contribution in [3.63, 3.8) is 0 Å². The largest absolute Gasteiger partial charge is 0.390 e. The summed E-state index contributed by atoms with van der Waals surface area (Å²) in [5.41, 5.74) is 6.74. The molecule has 4 rings (SSSR count). The number of nitrogens with two attached hydrogens (primary N) is 1. The number of aromatic amines is 1. The lowest BCUT2D eigenvalue weighted by Crippen LogP contribution is -2.29. The van der Waals surface area contributed by atoms with Crippen molar-refractivity contribution in [3.05, 3.63) is 47.0 Å². The molecule has 16 heteroatoms. The van der Waals surface area contributed by atoms with Gasteiger partial charge in [-0.3, -0.25) is 14.3 Å². The van der Waals surface area contributed by atoms with Gasteiger partial charge in [0.1, 0.15) is 11.5 Å². The predicted octanol–water partition coefficient (Wildman–Crippen LogP) is 6.29. The number of nitrogens with zero attached hydrogens (tertiary/aromatic N) is 3. The fourth-order valence-corrected chi connectivity index (χ4v) is 5.31. The average Bonchev–Trinajstić information content (AvgIpc) is 3.50. The van der Waals surface area contributed by atoms with Crippen LogP contribution in [0.25, 0.3) is 11.0 Å². The number of carbonyl (C=O) groups excluding carboxylic acids is 2. The molecule has 0 bridgehead atoms. The van der Waals surface area contributed by atoms with Gasteiger partial charge in [0.25, 0.3) is 5.91 Å². The predicted molar refractivity (Wildman–Crippen MR) is 138 cm³/mol. The molecule has 3 aromatic rings. The Balaban J connectivity index is 1.66. The molecule has 0 saturated heterocycles. The van der Waals surface area contributed by atoms with E-state index in [0.717, 1.165) is 4.68 Å². The number of carbonyl (C=O) groups is 2. The topological polar surface area (TPSA) is 119 Å². The van der Waals surface area contributed by atoms with Gasteiger partial charge in [-0.1, -0.05) is 6.07 Å². The molecule has 2 amide bonds. The first kappa shape index (κ1) is 32.2. The number of alkyl halides is 8. The summed E-state index contributed by atoms with van der Waals surface area (Å²) in [5, 5.41) is 6.76. The van der Waals surface area contributed by atoms with E-state index >= 15 is 0 Å². The Kier molecular flexibility index (Phi) is 9.07. The number of amides is 2. The van der Waals surface area contributed by atoms with Crippen LogP contribution in [0.2, 0.25) is 0 Å². The highest BCUT2D eigenvalue weighted by molar-refractivity contribution is 5.91. The van der Waals surface area contributed by atoms with Crippen molar-refractivity contribution in [3.8, 4) is 0 Å². The highest BCUT2D eigenvalue weighted by Gasteiger charge is 2.41. The Morgan fingerprint density at radius 1 is 1.09 bits per heavy atom. The van der Waals surface area contributed by atoms with E-state index in [4.69, 9.17) is 5.73 Å². The number of nitrogens with one attached hydrogen (secondary N) is 2. The molecule has 1 fully saturated rings. The number of primary amides is 1. The third-order valence-corrected chi connectivity index (χ3v) is 7.54. The Labute approximate surface area is 240 Å². The molecule has 1 aliphatic rings. The van der Waals surface area contributed by atoms with Crippen LogP contribution >= 0.6 is 0 Å². The molecule has 1 aliphatic carbocycles. The minimum atomic E-state index is -4.53. The van der Waals surface area contributed by atoms with E-state index in [9.17, 15) is 44.7 Å². The van der Waals surface area contributed by atoms with Crippen LogP contribution in [-0.2, 0) is 11.3 Å². The second-order valence-electron chi connectivity index (χ2n) is 10.9. The zero-order chi connectivity index (χ0) is 31.7. The van der Waals surface area contributed by atoms with Crippen molar-refractivity contribution in [2.45, 2.75) is 88.6 Å². The minimum absolute atomic E-state index is 0.0578. The monoisotopic (exact) mass is 622 g/mol. The van der Waals surface area contributed by atoms with Gasteiger partial charge in [-0.05, 0) is 49.4 Å². The van der Waals surface area contributed by atoms with Gasteiger partial charge in [0, 0.05) is 19.3 Å². The molecule has 8 nitrogen and oxygen atoms in total. The molecule has 4 N–H and O–H groups in total. The van der Waals surface area contributed by atoms with Crippen molar-refractivity contribution in [1.29, 1.82) is 0 Å². The van der Waals surface area contributed by atoms with Crippen LogP contribution in [0.15, 0.2) is 24.3 Å². The van der Waals surface area contributed by atoms with Crippen molar-refractivity contribution < 1.29 is 44.7 Å². The van der Waals surface area contributed by atoms with E-state index in [-0.39, 0.29) is 30.1 Å². The van der Waals surface area contributed by atoms with Gasteiger partial charge in [-0.25, -0.2) is 13.8 Å². The second kappa shape index (κ2) is 12.1. The van der Waals surface area contributed by atoms with E-state index in [1.165, 1.54) is 6.07 Å². The lowest BCUT2D eigenvalue weighted by atomic mass is 9.77. The van der Waals surface area contributed by atoms with Crippen LogP contribution in [0.1, 0.15) is 91.4 Å². The molecule has 2 aromatic heterocycles. The number of imidazole rings is 1. The van der Waals surface area contributed by atoms with E-state index in [0.29, 0.717) is 16.6 Å². The highest BCUT2D eigenvalue weighted by Crippen LogP contribution is 2.44. The quantitative estimate of drug-likeness (QED) is 0.231. The maximum absolute atomic E-state index is 14.0. The van der Waals surface area contributed by atoms with Crippen LogP contribution < -0.4 is 11.1 Å². The zero-order valence-corrected chi connectivity index (χ0v) is 23.0. The van der Waals surface area contributed by atoms with E-state index in [1.54, 1.807) is 25.1 Å². The third kappa shape index (κ3) is 8.44. The van der Waals surface area contributed by atoms with Gasteiger partial charge in [-0.15, -0.1) is 0 Å². The second-order valence-corrected chi connectivity index (χ2v) is 10.9.